The van der Waals surface area contributed by atoms with Crippen LogP contribution in [0.25, 0.3) is 0 Å². The van der Waals surface area contributed by atoms with Crippen molar-refractivity contribution in [2.75, 3.05) is 5.32 Å². The molecule has 0 aromatic heterocycles. The van der Waals surface area contributed by atoms with E-state index in [0.717, 1.165) is 5.56 Å². The molecule has 0 bridgehead atoms. The second-order valence-electron chi connectivity index (χ2n) is 4.16. The Kier molecular flexibility index (Phi) is 4.42. The van der Waals surface area contributed by atoms with Crippen molar-refractivity contribution in [3.05, 3.63) is 63.1 Å². The lowest BCUT2D eigenvalue weighted by Gasteiger charge is -2.17. The highest BCUT2D eigenvalue weighted by Crippen LogP contribution is 2.28. The highest BCUT2D eigenvalue weighted by atomic mass is 79.9. The second kappa shape index (κ2) is 5.88. The third-order valence-electron chi connectivity index (χ3n) is 2.73. The van der Waals surface area contributed by atoms with Gasteiger partial charge in [-0.05, 0) is 42.8 Å². The molecule has 0 amide bonds. The molecule has 0 saturated heterocycles. The van der Waals surface area contributed by atoms with E-state index in [1.165, 1.54) is 24.3 Å². The van der Waals surface area contributed by atoms with Gasteiger partial charge in [0.25, 0.3) is 0 Å². The average molecular weight is 347 g/mol. The molecule has 1 nitrogen and oxygen atoms in total. The fourth-order valence-electron chi connectivity index (χ4n) is 1.77. The maximum Gasteiger partial charge on any atom is 0.141 e. The number of hydrogen-bond acceptors (Lipinski definition) is 1. The van der Waals surface area contributed by atoms with Crippen LogP contribution in [0.1, 0.15) is 18.5 Å². The van der Waals surface area contributed by atoms with Crippen molar-refractivity contribution < 1.29 is 8.78 Å². The first-order chi connectivity index (χ1) is 8.97. The molecular weight excluding hydrogens is 336 g/mol. The minimum atomic E-state index is -0.456. The molecule has 1 unspecified atom stereocenters. The lowest BCUT2D eigenvalue weighted by atomic mass is 10.1. The summed E-state index contributed by atoms with van der Waals surface area (Å²) < 4.78 is 26.8. The normalized spacial score (nSPS) is 12.3. The fourth-order valence-corrected chi connectivity index (χ4v) is 2.64. The van der Waals surface area contributed by atoms with E-state index in [-0.39, 0.29) is 16.9 Å². The van der Waals surface area contributed by atoms with Gasteiger partial charge in [0.15, 0.2) is 0 Å². The van der Waals surface area contributed by atoms with Gasteiger partial charge in [-0.3, -0.25) is 0 Å². The minimum Gasteiger partial charge on any atom is -0.378 e. The standard InChI is InChI=1S/C14H11BrClF2N/c1-8(11-4-2-9(17)6-12(11)15)19-10-3-5-14(18)13(16)7-10/h2-8,19H,1H3. The molecule has 0 aliphatic heterocycles. The maximum absolute atomic E-state index is 13.1. The highest BCUT2D eigenvalue weighted by molar-refractivity contribution is 9.10. The molecule has 2 rings (SSSR count). The van der Waals surface area contributed by atoms with Gasteiger partial charge in [0, 0.05) is 16.2 Å². The van der Waals surface area contributed by atoms with E-state index in [1.54, 1.807) is 12.1 Å². The average Bonchev–Trinajstić information content (AvgIpc) is 2.33. The first kappa shape index (κ1) is 14.3. The number of halogens is 4. The number of benzene rings is 2. The van der Waals surface area contributed by atoms with Gasteiger partial charge < -0.3 is 5.32 Å². The van der Waals surface area contributed by atoms with Crippen LogP contribution in [0.3, 0.4) is 0 Å². The smallest absolute Gasteiger partial charge is 0.141 e. The Labute approximate surface area is 123 Å². The Balaban J connectivity index is 2.20. The quantitative estimate of drug-likeness (QED) is 0.768. The van der Waals surface area contributed by atoms with Crippen LogP contribution in [0, 0.1) is 11.6 Å². The summed E-state index contributed by atoms with van der Waals surface area (Å²) in [5.74, 6) is -0.754. The Morgan fingerprint density at radius 3 is 2.53 bits per heavy atom. The summed E-state index contributed by atoms with van der Waals surface area (Å²) in [5.41, 5.74) is 1.61. The maximum atomic E-state index is 13.1. The predicted molar refractivity (Wildman–Crippen MR) is 77.5 cm³/mol. The van der Waals surface area contributed by atoms with E-state index >= 15 is 0 Å². The van der Waals surface area contributed by atoms with E-state index in [0.29, 0.717) is 10.2 Å². The number of rotatable bonds is 3. The molecule has 2 aromatic carbocycles. The van der Waals surface area contributed by atoms with Crippen molar-refractivity contribution in [3.8, 4) is 0 Å². The third-order valence-corrected chi connectivity index (χ3v) is 3.71. The van der Waals surface area contributed by atoms with Gasteiger partial charge in [0.1, 0.15) is 11.6 Å². The molecule has 0 fully saturated rings. The summed E-state index contributed by atoms with van der Waals surface area (Å²) >= 11 is 9.04. The van der Waals surface area contributed by atoms with Gasteiger partial charge in [0.2, 0.25) is 0 Å². The van der Waals surface area contributed by atoms with Crippen molar-refractivity contribution in [2.45, 2.75) is 13.0 Å². The summed E-state index contributed by atoms with van der Waals surface area (Å²) in [6.45, 7) is 1.93. The zero-order valence-corrected chi connectivity index (χ0v) is 12.4. The summed E-state index contributed by atoms with van der Waals surface area (Å²) in [5, 5.41) is 3.25. The van der Waals surface area contributed by atoms with Crippen LogP contribution in [-0.4, -0.2) is 0 Å². The molecular formula is C14H11BrClF2N. The summed E-state index contributed by atoms with van der Waals surface area (Å²) in [4.78, 5) is 0. The molecule has 1 N–H and O–H groups in total. The summed E-state index contributed by atoms with van der Waals surface area (Å²) in [6.07, 6.45) is 0. The van der Waals surface area contributed by atoms with Gasteiger partial charge in [-0.1, -0.05) is 33.6 Å². The molecule has 19 heavy (non-hydrogen) atoms. The van der Waals surface area contributed by atoms with Crippen LogP contribution >= 0.6 is 27.5 Å². The van der Waals surface area contributed by atoms with Crippen molar-refractivity contribution in [1.29, 1.82) is 0 Å². The number of anilines is 1. The Bertz CT molecular complexity index is 604. The van der Waals surface area contributed by atoms with Gasteiger partial charge in [0.05, 0.1) is 5.02 Å². The number of hydrogen-bond donors (Lipinski definition) is 1. The Morgan fingerprint density at radius 2 is 1.89 bits per heavy atom. The first-order valence-electron chi connectivity index (χ1n) is 5.64. The minimum absolute atomic E-state index is 0.0652. The van der Waals surface area contributed by atoms with E-state index in [4.69, 9.17) is 11.6 Å². The molecule has 0 radical (unpaired) electrons. The predicted octanol–water partition coefficient (Wildman–Crippen LogP) is 5.55. The first-order valence-corrected chi connectivity index (χ1v) is 6.81. The molecule has 2 aromatic rings. The molecule has 0 heterocycles. The molecule has 1 atom stereocenters. The van der Waals surface area contributed by atoms with Gasteiger partial charge in [-0.2, -0.15) is 0 Å². The molecule has 0 saturated carbocycles. The SMILES string of the molecule is CC(Nc1ccc(F)c(Cl)c1)c1ccc(F)cc1Br. The van der Waals surface area contributed by atoms with E-state index in [2.05, 4.69) is 21.2 Å². The third kappa shape index (κ3) is 3.45. The van der Waals surface area contributed by atoms with Gasteiger partial charge >= 0.3 is 0 Å². The lowest BCUT2D eigenvalue weighted by Crippen LogP contribution is -2.07. The fraction of sp³-hybridized carbons (Fsp3) is 0.143. The van der Waals surface area contributed by atoms with Crippen LogP contribution in [0.4, 0.5) is 14.5 Å². The molecule has 0 aliphatic carbocycles. The summed E-state index contributed by atoms with van der Waals surface area (Å²) in [7, 11) is 0. The zero-order chi connectivity index (χ0) is 14.0. The lowest BCUT2D eigenvalue weighted by molar-refractivity contribution is 0.625. The highest BCUT2D eigenvalue weighted by Gasteiger charge is 2.11. The van der Waals surface area contributed by atoms with Gasteiger partial charge in [-0.15, -0.1) is 0 Å². The van der Waals surface area contributed by atoms with Crippen molar-refractivity contribution in [3.63, 3.8) is 0 Å². The molecule has 5 heteroatoms. The Morgan fingerprint density at radius 1 is 1.16 bits per heavy atom. The van der Waals surface area contributed by atoms with Crippen molar-refractivity contribution in [2.24, 2.45) is 0 Å². The van der Waals surface area contributed by atoms with Crippen molar-refractivity contribution in [1.82, 2.24) is 0 Å². The molecule has 0 spiro atoms. The van der Waals surface area contributed by atoms with Gasteiger partial charge in [-0.25, -0.2) is 8.78 Å². The zero-order valence-electron chi connectivity index (χ0n) is 10.1. The van der Waals surface area contributed by atoms with E-state index in [1.807, 2.05) is 6.92 Å². The monoisotopic (exact) mass is 345 g/mol. The van der Waals surface area contributed by atoms with Crippen LogP contribution in [0.5, 0.6) is 0 Å². The number of nitrogens with one attached hydrogen (secondary N) is 1. The molecule has 0 aliphatic rings. The summed E-state index contributed by atoms with van der Waals surface area (Å²) in [6, 6.07) is 8.86. The topological polar surface area (TPSA) is 12.0 Å². The van der Waals surface area contributed by atoms with Crippen molar-refractivity contribution >= 4 is 33.2 Å². The second-order valence-corrected chi connectivity index (χ2v) is 5.42. The Hall–Kier alpha value is -1.13. The van der Waals surface area contributed by atoms with Crippen LogP contribution < -0.4 is 5.32 Å². The largest absolute Gasteiger partial charge is 0.378 e. The van der Waals surface area contributed by atoms with E-state index in [9.17, 15) is 8.78 Å². The molecule has 100 valence electrons. The van der Waals surface area contributed by atoms with E-state index < -0.39 is 5.82 Å². The van der Waals surface area contributed by atoms with Crippen LogP contribution in [0.15, 0.2) is 40.9 Å². The van der Waals surface area contributed by atoms with Crippen LogP contribution in [-0.2, 0) is 0 Å². The van der Waals surface area contributed by atoms with Crippen LogP contribution in [0.2, 0.25) is 5.02 Å².